The van der Waals surface area contributed by atoms with Gasteiger partial charge in [0.15, 0.2) is 0 Å². The zero-order chi connectivity index (χ0) is 13.8. The van der Waals surface area contributed by atoms with Crippen molar-refractivity contribution >= 4 is 5.91 Å². The van der Waals surface area contributed by atoms with Gasteiger partial charge in [-0.1, -0.05) is 0 Å². The zero-order valence-electron chi connectivity index (χ0n) is 11.4. The number of hydrogen-bond donors (Lipinski definition) is 1. The zero-order valence-corrected chi connectivity index (χ0v) is 11.4. The number of hydrogen-bond acceptors (Lipinski definition) is 6. The van der Waals surface area contributed by atoms with Crippen molar-refractivity contribution in [1.29, 1.82) is 0 Å². The Hall–Kier alpha value is -1.47. The van der Waals surface area contributed by atoms with Gasteiger partial charge in [0.25, 0.3) is 0 Å². The van der Waals surface area contributed by atoms with Gasteiger partial charge in [-0.15, -0.1) is 10.2 Å². The summed E-state index contributed by atoms with van der Waals surface area (Å²) in [5.41, 5.74) is 0. The molecule has 0 saturated carbocycles. The summed E-state index contributed by atoms with van der Waals surface area (Å²) in [5.74, 6) is 1.12. The van der Waals surface area contributed by atoms with E-state index in [1.54, 1.807) is 11.8 Å². The van der Waals surface area contributed by atoms with E-state index in [0.717, 1.165) is 0 Å². The van der Waals surface area contributed by atoms with Crippen molar-refractivity contribution in [3.63, 3.8) is 0 Å². The van der Waals surface area contributed by atoms with Crippen LogP contribution in [0.4, 0.5) is 0 Å². The molecule has 1 aromatic heterocycles. The Bertz CT molecular complexity index is 426. The molecule has 0 atom stereocenters. The van der Waals surface area contributed by atoms with Crippen LogP contribution in [-0.2, 0) is 11.3 Å². The predicted octanol–water partition coefficient (Wildman–Crippen LogP) is -0.207. The van der Waals surface area contributed by atoms with Crippen LogP contribution in [0.15, 0.2) is 4.42 Å². The summed E-state index contributed by atoms with van der Waals surface area (Å²) in [6, 6.07) is 0. The molecular formula is C12H20N4O3. The van der Waals surface area contributed by atoms with Crippen molar-refractivity contribution in [1.82, 2.24) is 20.0 Å². The number of nitrogens with zero attached hydrogens (tertiary/aromatic N) is 4. The molecule has 7 heteroatoms. The summed E-state index contributed by atoms with van der Waals surface area (Å²) in [6.07, 6.45) is 1.07. The molecule has 1 fully saturated rings. The molecule has 1 amide bonds. The first-order valence-electron chi connectivity index (χ1n) is 6.48. The molecule has 0 aromatic carbocycles. The Balaban J connectivity index is 1.78. The van der Waals surface area contributed by atoms with Crippen molar-refractivity contribution in [2.45, 2.75) is 32.4 Å². The van der Waals surface area contributed by atoms with Crippen LogP contribution >= 0.6 is 0 Å². The van der Waals surface area contributed by atoms with Gasteiger partial charge in [-0.25, -0.2) is 0 Å². The van der Waals surface area contributed by atoms with Gasteiger partial charge in [-0.2, -0.15) is 0 Å². The van der Waals surface area contributed by atoms with Gasteiger partial charge in [0, 0.05) is 20.0 Å². The van der Waals surface area contributed by atoms with Crippen molar-refractivity contribution in [3.8, 4) is 0 Å². The van der Waals surface area contributed by atoms with Gasteiger partial charge in [0.2, 0.25) is 17.7 Å². The largest absolute Gasteiger partial charge is 0.424 e. The van der Waals surface area contributed by atoms with E-state index in [2.05, 4.69) is 10.2 Å². The standard InChI is InChI=1S/C12H20N4O3/c1-9-13-14-11(19-9)7-15(2)8-12(18)16-5-3-10(17)4-6-16/h10,17H,3-8H2,1-2H3. The Labute approximate surface area is 112 Å². The molecule has 2 heterocycles. The van der Waals surface area contributed by atoms with Crippen LogP contribution in [0.5, 0.6) is 0 Å². The molecule has 1 saturated heterocycles. The minimum absolute atomic E-state index is 0.0747. The van der Waals surface area contributed by atoms with Gasteiger partial charge < -0.3 is 14.4 Å². The third-order valence-corrected chi connectivity index (χ3v) is 3.20. The van der Waals surface area contributed by atoms with Crippen LogP contribution < -0.4 is 0 Å². The van der Waals surface area contributed by atoms with Gasteiger partial charge in [-0.05, 0) is 19.9 Å². The van der Waals surface area contributed by atoms with E-state index < -0.39 is 0 Å². The third kappa shape index (κ3) is 4.00. The Morgan fingerprint density at radius 2 is 2.16 bits per heavy atom. The number of amides is 1. The van der Waals surface area contributed by atoms with Crippen LogP contribution in [0, 0.1) is 6.92 Å². The van der Waals surface area contributed by atoms with Crippen molar-refractivity contribution in [3.05, 3.63) is 11.8 Å². The molecule has 0 radical (unpaired) electrons. The first-order chi connectivity index (χ1) is 9.04. The van der Waals surface area contributed by atoms with Crippen LogP contribution in [0.25, 0.3) is 0 Å². The van der Waals surface area contributed by atoms with E-state index in [0.29, 0.717) is 50.8 Å². The monoisotopic (exact) mass is 268 g/mol. The van der Waals surface area contributed by atoms with E-state index in [-0.39, 0.29) is 12.0 Å². The molecule has 1 aromatic rings. The number of carbonyl (C=O) groups excluding carboxylic acids is 1. The van der Waals surface area contributed by atoms with Crippen molar-refractivity contribution in [2.75, 3.05) is 26.7 Å². The number of likely N-dealkylation sites (N-methyl/N-ethyl adjacent to an activating group) is 1. The fourth-order valence-electron chi connectivity index (χ4n) is 2.13. The molecule has 2 rings (SSSR count). The molecule has 0 bridgehead atoms. The van der Waals surface area contributed by atoms with Gasteiger partial charge in [0.1, 0.15) is 0 Å². The molecule has 19 heavy (non-hydrogen) atoms. The number of carbonyl (C=O) groups is 1. The van der Waals surface area contributed by atoms with Crippen LogP contribution in [0.2, 0.25) is 0 Å². The molecule has 1 aliphatic heterocycles. The second kappa shape index (κ2) is 6.12. The summed E-state index contributed by atoms with van der Waals surface area (Å²) in [7, 11) is 1.84. The van der Waals surface area contributed by atoms with E-state index in [9.17, 15) is 9.90 Å². The minimum atomic E-state index is -0.261. The Morgan fingerprint density at radius 3 is 2.74 bits per heavy atom. The number of piperidine rings is 1. The van der Waals surface area contributed by atoms with E-state index in [1.165, 1.54) is 0 Å². The Morgan fingerprint density at radius 1 is 1.47 bits per heavy atom. The van der Waals surface area contributed by atoms with E-state index >= 15 is 0 Å². The summed E-state index contributed by atoms with van der Waals surface area (Å²) >= 11 is 0. The summed E-state index contributed by atoms with van der Waals surface area (Å²) in [4.78, 5) is 15.7. The van der Waals surface area contributed by atoms with Gasteiger partial charge in [0.05, 0.1) is 19.2 Å². The van der Waals surface area contributed by atoms with Gasteiger partial charge >= 0.3 is 0 Å². The van der Waals surface area contributed by atoms with Crippen LogP contribution in [0.1, 0.15) is 24.6 Å². The molecule has 0 spiro atoms. The number of likely N-dealkylation sites (tertiary alicyclic amines) is 1. The van der Waals surface area contributed by atoms with Crippen LogP contribution in [-0.4, -0.2) is 63.8 Å². The fourth-order valence-corrected chi connectivity index (χ4v) is 2.13. The van der Waals surface area contributed by atoms with Crippen molar-refractivity contribution in [2.24, 2.45) is 0 Å². The number of rotatable bonds is 4. The van der Waals surface area contributed by atoms with E-state index in [4.69, 9.17) is 4.42 Å². The minimum Gasteiger partial charge on any atom is -0.424 e. The maximum absolute atomic E-state index is 12.0. The smallest absolute Gasteiger partial charge is 0.236 e. The lowest BCUT2D eigenvalue weighted by molar-refractivity contribution is -0.134. The lowest BCUT2D eigenvalue weighted by atomic mass is 10.1. The average Bonchev–Trinajstić information content (AvgIpc) is 2.75. The number of aromatic nitrogens is 2. The Kier molecular flexibility index (Phi) is 4.49. The first kappa shape index (κ1) is 14.0. The highest BCUT2D eigenvalue weighted by Gasteiger charge is 2.22. The number of aryl methyl sites for hydroxylation is 1. The fraction of sp³-hybridized carbons (Fsp3) is 0.750. The van der Waals surface area contributed by atoms with E-state index in [1.807, 2.05) is 11.9 Å². The normalized spacial score (nSPS) is 17.2. The molecule has 1 N–H and O–H groups in total. The first-order valence-corrected chi connectivity index (χ1v) is 6.48. The summed E-state index contributed by atoms with van der Waals surface area (Å²) < 4.78 is 5.27. The molecule has 0 aliphatic carbocycles. The maximum atomic E-state index is 12.0. The summed E-state index contributed by atoms with van der Waals surface area (Å²) in [5, 5.41) is 17.1. The van der Waals surface area contributed by atoms with Crippen molar-refractivity contribution < 1.29 is 14.3 Å². The topological polar surface area (TPSA) is 82.7 Å². The highest BCUT2D eigenvalue weighted by Crippen LogP contribution is 2.10. The van der Waals surface area contributed by atoms with Crippen LogP contribution in [0.3, 0.4) is 0 Å². The highest BCUT2D eigenvalue weighted by atomic mass is 16.4. The number of aliphatic hydroxyl groups excluding tert-OH is 1. The molecule has 0 unspecified atom stereocenters. The maximum Gasteiger partial charge on any atom is 0.236 e. The quantitative estimate of drug-likeness (QED) is 0.814. The third-order valence-electron chi connectivity index (χ3n) is 3.20. The lowest BCUT2D eigenvalue weighted by Crippen LogP contribution is -2.44. The second-order valence-corrected chi connectivity index (χ2v) is 5.00. The predicted molar refractivity (Wildman–Crippen MR) is 67.2 cm³/mol. The molecule has 106 valence electrons. The SMILES string of the molecule is Cc1nnc(CN(C)CC(=O)N2CCC(O)CC2)o1. The van der Waals surface area contributed by atoms with Gasteiger partial charge in [-0.3, -0.25) is 9.69 Å². The number of aliphatic hydroxyl groups is 1. The molecule has 7 nitrogen and oxygen atoms in total. The lowest BCUT2D eigenvalue weighted by Gasteiger charge is -2.30. The summed E-state index contributed by atoms with van der Waals surface area (Å²) in [6.45, 7) is 3.78. The average molecular weight is 268 g/mol. The second-order valence-electron chi connectivity index (χ2n) is 5.00. The molecular weight excluding hydrogens is 248 g/mol. The molecule has 1 aliphatic rings. The highest BCUT2D eigenvalue weighted by molar-refractivity contribution is 5.78.